The van der Waals surface area contributed by atoms with Gasteiger partial charge in [0.05, 0.1) is 11.4 Å². The standard InChI is InChI=1S/C30H25BrN4O2S/c1-19-6-12-26-27(14-15-32-30(26)33-19)35-28-17-24(37-18-21-4-3-5-22(31)16-21)9-13-29(28)38-25-10-7-23(8-11-25)34-20(2)36/h3-17H,18H2,1-2H3,(H,34,36)(H,32,33,35). The first kappa shape index (κ1) is 25.8. The van der Waals surface area contributed by atoms with Gasteiger partial charge in [0, 0.05) is 50.2 Å². The molecule has 0 aliphatic heterocycles. The van der Waals surface area contributed by atoms with Crippen molar-refractivity contribution in [1.29, 1.82) is 0 Å². The van der Waals surface area contributed by atoms with Gasteiger partial charge in [-0.3, -0.25) is 4.79 Å². The van der Waals surface area contributed by atoms with Gasteiger partial charge in [0.25, 0.3) is 0 Å². The van der Waals surface area contributed by atoms with E-state index in [1.807, 2.05) is 85.8 Å². The molecule has 6 nitrogen and oxygen atoms in total. The summed E-state index contributed by atoms with van der Waals surface area (Å²) >= 11 is 5.14. The van der Waals surface area contributed by atoms with Gasteiger partial charge in [-0.25, -0.2) is 9.97 Å². The zero-order valence-electron chi connectivity index (χ0n) is 20.9. The molecule has 2 aromatic heterocycles. The van der Waals surface area contributed by atoms with Crippen LogP contribution in [0.1, 0.15) is 18.2 Å². The highest BCUT2D eigenvalue weighted by Crippen LogP contribution is 2.38. The van der Waals surface area contributed by atoms with Crippen LogP contribution in [0.4, 0.5) is 17.1 Å². The number of aromatic nitrogens is 2. The number of benzene rings is 3. The van der Waals surface area contributed by atoms with Crippen molar-refractivity contribution in [3.05, 3.63) is 107 Å². The lowest BCUT2D eigenvalue weighted by Crippen LogP contribution is -2.05. The lowest BCUT2D eigenvalue weighted by atomic mass is 10.2. The Morgan fingerprint density at radius 1 is 0.974 bits per heavy atom. The van der Waals surface area contributed by atoms with E-state index >= 15 is 0 Å². The number of carbonyl (C=O) groups is 1. The molecule has 3 aromatic carbocycles. The highest BCUT2D eigenvalue weighted by Gasteiger charge is 2.11. The molecule has 2 N–H and O–H groups in total. The number of anilines is 3. The van der Waals surface area contributed by atoms with E-state index in [0.29, 0.717) is 12.3 Å². The van der Waals surface area contributed by atoms with E-state index in [1.54, 1.807) is 18.0 Å². The fourth-order valence-electron chi connectivity index (χ4n) is 3.89. The van der Waals surface area contributed by atoms with E-state index in [0.717, 1.165) is 53.7 Å². The highest BCUT2D eigenvalue weighted by molar-refractivity contribution is 9.10. The van der Waals surface area contributed by atoms with E-state index in [1.165, 1.54) is 6.92 Å². The average molecular weight is 586 g/mol. The van der Waals surface area contributed by atoms with Crippen molar-refractivity contribution in [3.63, 3.8) is 0 Å². The average Bonchev–Trinajstić information content (AvgIpc) is 2.89. The Hall–Kier alpha value is -3.88. The number of halogens is 1. The fraction of sp³-hybridized carbons (Fsp3) is 0.100. The van der Waals surface area contributed by atoms with Gasteiger partial charge in [0.15, 0.2) is 5.65 Å². The van der Waals surface area contributed by atoms with Gasteiger partial charge >= 0.3 is 0 Å². The van der Waals surface area contributed by atoms with Crippen molar-refractivity contribution in [3.8, 4) is 5.75 Å². The lowest BCUT2D eigenvalue weighted by molar-refractivity contribution is -0.114. The van der Waals surface area contributed by atoms with Crippen molar-refractivity contribution in [2.75, 3.05) is 10.6 Å². The summed E-state index contributed by atoms with van der Waals surface area (Å²) < 4.78 is 7.17. The number of ether oxygens (including phenoxy) is 1. The van der Waals surface area contributed by atoms with Crippen molar-refractivity contribution in [1.82, 2.24) is 9.97 Å². The summed E-state index contributed by atoms with van der Waals surface area (Å²) in [6.07, 6.45) is 1.76. The summed E-state index contributed by atoms with van der Waals surface area (Å²) in [6, 6.07) is 27.9. The summed E-state index contributed by atoms with van der Waals surface area (Å²) in [6.45, 7) is 3.91. The number of fused-ring (bicyclic) bond motifs is 1. The molecule has 0 unspecified atom stereocenters. The normalized spacial score (nSPS) is 10.8. The Balaban J connectivity index is 1.45. The van der Waals surface area contributed by atoms with Crippen molar-refractivity contribution in [2.45, 2.75) is 30.2 Å². The molecule has 0 atom stereocenters. The Labute approximate surface area is 234 Å². The van der Waals surface area contributed by atoms with Crippen LogP contribution in [-0.4, -0.2) is 15.9 Å². The number of aryl methyl sites for hydroxylation is 1. The molecule has 5 rings (SSSR count). The van der Waals surface area contributed by atoms with Gasteiger partial charge in [-0.1, -0.05) is 39.8 Å². The Morgan fingerprint density at radius 2 is 1.82 bits per heavy atom. The maximum atomic E-state index is 11.4. The first-order valence-corrected chi connectivity index (χ1v) is 13.6. The number of hydrogen-bond donors (Lipinski definition) is 2. The second kappa shape index (κ2) is 11.7. The molecule has 0 aliphatic rings. The molecule has 5 aromatic rings. The molecule has 0 saturated heterocycles. The van der Waals surface area contributed by atoms with Crippen LogP contribution in [0.25, 0.3) is 11.0 Å². The molecule has 0 saturated carbocycles. The van der Waals surface area contributed by atoms with Gasteiger partial charge in [-0.2, -0.15) is 0 Å². The summed E-state index contributed by atoms with van der Waals surface area (Å²) in [5, 5.41) is 7.34. The van der Waals surface area contributed by atoms with Gasteiger partial charge in [0.1, 0.15) is 12.4 Å². The van der Waals surface area contributed by atoms with Crippen LogP contribution < -0.4 is 15.4 Å². The smallest absolute Gasteiger partial charge is 0.221 e. The zero-order valence-corrected chi connectivity index (χ0v) is 23.3. The van der Waals surface area contributed by atoms with E-state index < -0.39 is 0 Å². The van der Waals surface area contributed by atoms with E-state index in [2.05, 4.69) is 42.6 Å². The highest BCUT2D eigenvalue weighted by atomic mass is 79.9. The molecular weight excluding hydrogens is 560 g/mol. The molecule has 8 heteroatoms. The number of rotatable bonds is 8. The quantitative estimate of drug-likeness (QED) is 0.192. The summed E-state index contributed by atoms with van der Waals surface area (Å²) in [4.78, 5) is 22.4. The van der Waals surface area contributed by atoms with Crippen LogP contribution in [0.2, 0.25) is 0 Å². The third kappa shape index (κ3) is 6.51. The van der Waals surface area contributed by atoms with Crippen molar-refractivity contribution < 1.29 is 9.53 Å². The number of nitrogens with one attached hydrogen (secondary N) is 2. The van der Waals surface area contributed by atoms with Gasteiger partial charge in [-0.15, -0.1) is 0 Å². The number of carbonyl (C=O) groups excluding carboxylic acids is 1. The minimum absolute atomic E-state index is 0.0930. The van der Waals surface area contributed by atoms with Crippen LogP contribution in [0.3, 0.4) is 0 Å². The maximum absolute atomic E-state index is 11.4. The Bertz CT molecular complexity index is 1610. The number of nitrogens with zero attached hydrogens (tertiary/aromatic N) is 2. The molecule has 0 aliphatic carbocycles. The maximum Gasteiger partial charge on any atom is 0.221 e. The molecule has 2 heterocycles. The molecule has 190 valence electrons. The zero-order chi connectivity index (χ0) is 26.5. The molecule has 0 radical (unpaired) electrons. The van der Waals surface area contributed by atoms with E-state index in [9.17, 15) is 4.79 Å². The predicted molar refractivity (Wildman–Crippen MR) is 157 cm³/mol. The molecule has 38 heavy (non-hydrogen) atoms. The largest absolute Gasteiger partial charge is 0.489 e. The monoisotopic (exact) mass is 584 g/mol. The Kier molecular flexibility index (Phi) is 7.91. The molecule has 0 bridgehead atoms. The van der Waals surface area contributed by atoms with Crippen LogP contribution in [0, 0.1) is 6.92 Å². The second-order valence-electron chi connectivity index (χ2n) is 8.69. The topological polar surface area (TPSA) is 76.1 Å². The Morgan fingerprint density at radius 3 is 2.61 bits per heavy atom. The third-order valence-corrected chi connectivity index (χ3v) is 7.24. The predicted octanol–water partition coefficient (Wildman–Crippen LogP) is 8.13. The third-order valence-electron chi connectivity index (χ3n) is 5.66. The van der Waals surface area contributed by atoms with Crippen LogP contribution in [0.5, 0.6) is 5.75 Å². The molecule has 0 spiro atoms. The van der Waals surface area contributed by atoms with Gasteiger partial charge in [-0.05, 0) is 79.2 Å². The first-order valence-electron chi connectivity index (χ1n) is 12.0. The summed E-state index contributed by atoms with van der Waals surface area (Å²) in [7, 11) is 0. The number of hydrogen-bond acceptors (Lipinski definition) is 6. The van der Waals surface area contributed by atoms with Crippen LogP contribution >= 0.6 is 27.7 Å². The minimum Gasteiger partial charge on any atom is -0.489 e. The van der Waals surface area contributed by atoms with E-state index in [4.69, 9.17) is 4.74 Å². The fourth-order valence-corrected chi connectivity index (χ4v) is 5.22. The van der Waals surface area contributed by atoms with Gasteiger partial charge < -0.3 is 15.4 Å². The van der Waals surface area contributed by atoms with Crippen LogP contribution in [-0.2, 0) is 11.4 Å². The van der Waals surface area contributed by atoms with Crippen molar-refractivity contribution >= 4 is 61.7 Å². The van der Waals surface area contributed by atoms with Gasteiger partial charge in [0.2, 0.25) is 5.91 Å². The van der Waals surface area contributed by atoms with Crippen molar-refractivity contribution in [2.24, 2.45) is 0 Å². The summed E-state index contributed by atoms with van der Waals surface area (Å²) in [5.41, 5.74) is 5.27. The SMILES string of the molecule is CC(=O)Nc1ccc(Sc2ccc(OCc3cccc(Br)c3)cc2Nc2ccnc3nc(C)ccc23)cc1. The number of amides is 1. The van der Waals surface area contributed by atoms with E-state index in [-0.39, 0.29) is 5.91 Å². The van der Waals surface area contributed by atoms with Crippen LogP contribution in [0.15, 0.2) is 105 Å². The number of pyridine rings is 2. The molecule has 0 fully saturated rings. The first-order chi connectivity index (χ1) is 18.4. The molecular formula is C30H25BrN4O2S. The minimum atomic E-state index is -0.0930. The molecule has 1 amide bonds. The second-order valence-corrected chi connectivity index (χ2v) is 10.7. The lowest BCUT2D eigenvalue weighted by Gasteiger charge is -2.16. The summed E-state index contributed by atoms with van der Waals surface area (Å²) in [5.74, 6) is 0.662.